The maximum atomic E-state index is 11.9. The first kappa shape index (κ1) is 12.4. The molecule has 0 fully saturated rings. The van der Waals surface area contributed by atoms with Gasteiger partial charge in [-0.3, -0.25) is 4.79 Å². The summed E-state index contributed by atoms with van der Waals surface area (Å²) in [6, 6.07) is 3.82. The lowest BCUT2D eigenvalue weighted by molar-refractivity contribution is 0.0928. The van der Waals surface area contributed by atoms with E-state index < -0.39 is 0 Å². The fraction of sp³-hybridized carbons (Fsp3) is 0.462. The predicted molar refractivity (Wildman–Crippen MR) is 65.1 cm³/mol. The van der Waals surface area contributed by atoms with Gasteiger partial charge in [-0.25, -0.2) is 0 Å². The minimum absolute atomic E-state index is 0.0577. The van der Waals surface area contributed by atoms with Crippen LogP contribution in [-0.2, 0) is 7.05 Å². The SMILES string of the molecule is C#CCC(CC)NC(=O)c1ccc(C)n1C. The van der Waals surface area contributed by atoms with Gasteiger partial charge in [0.05, 0.1) is 0 Å². The average Bonchev–Trinajstić information content (AvgIpc) is 2.59. The first-order valence-corrected chi connectivity index (χ1v) is 5.46. The van der Waals surface area contributed by atoms with Gasteiger partial charge in [-0.2, -0.15) is 0 Å². The summed E-state index contributed by atoms with van der Waals surface area (Å²) in [4.78, 5) is 11.9. The molecule has 0 spiro atoms. The van der Waals surface area contributed by atoms with Gasteiger partial charge in [0.2, 0.25) is 0 Å². The summed E-state index contributed by atoms with van der Waals surface area (Å²) in [6.07, 6.45) is 6.67. The number of nitrogens with zero attached hydrogens (tertiary/aromatic N) is 1. The maximum Gasteiger partial charge on any atom is 0.268 e. The van der Waals surface area contributed by atoms with Gasteiger partial charge in [0.15, 0.2) is 0 Å². The molecule has 0 aliphatic carbocycles. The van der Waals surface area contributed by atoms with Crippen LogP contribution in [0.5, 0.6) is 0 Å². The van der Waals surface area contributed by atoms with E-state index in [0.717, 1.165) is 12.1 Å². The molecule has 0 bridgehead atoms. The van der Waals surface area contributed by atoms with E-state index in [-0.39, 0.29) is 11.9 Å². The van der Waals surface area contributed by atoms with Crippen molar-refractivity contribution in [3.63, 3.8) is 0 Å². The van der Waals surface area contributed by atoms with Crippen molar-refractivity contribution in [1.29, 1.82) is 0 Å². The van der Waals surface area contributed by atoms with Crippen LogP contribution in [0.1, 0.15) is 35.9 Å². The van der Waals surface area contributed by atoms with Crippen molar-refractivity contribution < 1.29 is 4.79 Å². The van der Waals surface area contributed by atoms with Crippen molar-refractivity contribution in [3.8, 4) is 12.3 Å². The van der Waals surface area contributed by atoms with Crippen LogP contribution in [0.25, 0.3) is 0 Å². The third-order valence-corrected chi connectivity index (χ3v) is 2.80. The molecule has 0 aliphatic heterocycles. The Morgan fingerprint density at radius 3 is 2.75 bits per heavy atom. The fourth-order valence-electron chi connectivity index (χ4n) is 1.54. The first-order valence-electron chi connectivity index (χ1n) is 5.46. The summed E-state index contributed by atoms with van der Waals surface area (Å²) in [7, 11) is 1.88. The molecule has 1 aromatic rings. The molecular weight excluding hydrogens is 200 g/mol. The van der Waals surface area contributed by atoms with Crippen molar-refractivity contribution in [1.82, 2.24) is 9.88 Å². The second kappa shape index (κ2) is 5.41. The van der Waals surface area contributed by atoms with Crippen LogP contribution < -0.4 is 5.32 Å². The normalized spacial score (nSPS) is 11.9. The lowest BCUT2D eigenvalue weighted by Crippen LogP contribution is -2.35. The van der Waals surface area contributed by atoms with Crippen molar-refractivity contribution >= 4 is 5.91 Å². The Kier molecular flexibility index (Phi) is 4.19. The van der Waals surface area contributed by atoms with Gasteiger partial charge >= 0.3 is 0 Å². The van der Waals surface area contributed by atoms with Gasteiger partial charge in [0.1, 0.15) is 5.69 Å². The molecule has 86 valence electrons. The molecule has 0 radical (unpaired) electrons. The molecule has 1 atom stereocenters. The molecule has 1 N–H and O–H groups in total. The number of carbonyl (C=O) groups is 1. The predicted octanol–water partition coefficient (Wildman–Crippen LogP) is 1.87. The number of rotatable bonds is 4. The third-order valence-electron chi connectivity index (χ3n) is 2.80. The van der Waals surface area contributed by atoms with E-state index in [1.54, 1.807) is 0 Å². The van der Waals surface area contributed by atoms with Gasteiger partial charge < -0.3 is 9.88 Å². The summed E-state index contributed by atoms with van der Waals surface area (Å²) < 4.78 is 1.87. The number of aryl methyl sites for hydroxylation is 1. The van der Waals surface area contributed by atoms with Crippen LogP contribution in [0.3, 0.4) is 0 Å². The molecule has 1 amide bonds. The molecule has 0 saturated carbocycles. The molecule has 3 heteroatoms. The number of carbonyl (C=O) groups excluding carboxylic acids is 1. The van der Waals surface area contributed by atoms with Crippen LogP contribution in [0.4, 0.5) is 0 Å². The first-order chi connectivity index (χ1) is 7.60. The molecule has 3 nitrogen and oxygen atoms in total. The Morgan fingerprint density at radius 2 is 2.31 bits per heavy atom. The van der Waals surface area contributed by atoms with Gasteiger partial charge in [0, 0.05) is 25.2 Å². The zero-order chi connectivity index (χ0) is 12.1. The molecule has 0 aliphatic rings. The van der Waals surface area contributed by atoms with Crippen LogP contribution in [0, 0.1) is 19.3 Å². The Labute approximate surface area is 96.8 Å². The van der Waals surface area contributed by atoms with Crippen LogP contribution in [0.2, 0.25) is 0 Å². The van der Waals surface area contributed by atoms with Crippen LogP contribution >= 0.6 is 0 Å². The number of terminal acetylenes is 1. The monoisotopic (exact) mass is 218 g/mol. The molecule has 1 aromatic heterocycles. The molecule has 0 saturated heterocycles. The van der Waals surface area contributed by atoms with Crippen LogP contribution in [-0.4, -0.2) is 16.5 Å². The highest BCUT2D eigenvalue weighted by atomic mass is 16.2. The Balaban J connectivity index is 2.72. The lowest BCUT2D eigenvalue weighted by Gasteiger charge is -2.14. The number of hydrogen-bond donors (Lipinski definition) is 1. The highest BCUT2D eigenvalue weighted by Crippen LogP contribution is 2.07. The van der Waals surface area contributed by atoms with Crippen molar-refractivity contribution in [2.75, 3.05) is 0 Å². The van der Waals surface area contributed by atoms with E-state index in [9.17, 15) is 4.79 Å². The average molecular weight is 218 g/mol. The van der Waals surface area contributed by atoms with Gasteiger partial charge in [-0.05, 0) is 25.5 Å². The van der Waals surface area contributed by atoms with Crippen molar-refractivity contribution in [2.45, 2.75) is 32.7 Å². The van der Waals surface area contributed by atoms with E-state index in [2.05, 4.69) is 11.2 Å². The smallest absolute Gasteiger partial charge is 0.268 e. The Bertz CT molecular complexity index is 412. The molecule has 16 heavy (non-hydrogen) atoms. The maximum absolute atomic E-state index is 11.9. The van der Waals surface area contributed by atoms with E-state index in [1.165, 1.54) is 0 Å². The largest absolute Gasteiger partial charge is 0.347 e. The number of aromatic nitrogens is 1. The quantitative estimate of drug-likeness (QED) is 0.769. The summed E-state index contributed by atoms with van der Waals surface area (Å²) in [6.45, 7) is 3.98. The van der Waals surface area contributed by atoms with E-state index in [0.29, 0.717) is 12.1 Å². The van der Waals surface area contributed by atoms with E-state index in [4.69, 9.17) is 6.42 Å². The van der Waals surface area contributed by atoms with Crippen molar-refractivity contribution in [3.05, 3.63) is 23.5 Å². The topological polar surface area (TPSA) is 34.0 Å². The fourth-order valence-corrected chi connectivity index (χ4v) is 1.54. The van der Waals surface area contributed by atoms with E-state index >= 15 is 0 Å². The summed E-state index contributed by atoms with van der Waals surface area (Å²) in [5.74, 6) is 2.52. The second-order valence-electron chi connectivity index (χ2n) is 3.91. The zero-order valence-corrected chi connectivity index (χ0v) is 10.1. The number of hydrogen-bond acceptors (Lipinski definition) is 1. The van der Waals surface area contributed by atoms with Gasteiger partial charge in [0.25, 0.3) is 5.91 Å². The summed E-state index contributed by atoms with van der Waals surface area (Å²) >= 11 is 0. The minimum atomic E-state index is -0.0577. The van der Waals surface area contributed by atoms with Crippen LogP contribution in [0.15, 0.2) is 12.1 Å². The van der Waals surface area contributed by atoms with Gasteiger partial charge in [-0.15, -0.1) is 12.3 Å². The molecule has 1 unspecified atom stereocenters. The third kappa shape index (κ3) is 2.66. The molecule has 0 aromatic carbocycles. The zero-order valence-electron chi connectivity index (χ0n) is 10.1. The van der Waals surface area contributed by atoms with E-state index in [1.807, 2.05) is 37.6 Å². The molecule has 1 rings (SSSR count). The summed E-state index contributed by atoms with van der Waals surface area (Å²) in [5.41, 5.74) is 1.74. The standard InChI is InChI=1S/C13H18N2O/c1-5-7-11(6-2)14-13(16)12-9-8-10(3)15(12)4/h1,8-9,11H,6-7H2,2-4H3,(H,14,16). The Hall–Kier alpha value is -1.69. The minimum Gasteiger partial charge on any atom is -0.347 e. The highest BCUT2D eigenvalue weighted by molar-refractivity contribution is 5.93. The second-order valence-corrected chi connectivity index (χ2v) is 3.91. The molecule has 1 heterocycles. The summed E-state index contributed by atoms with van der Waals surface area (Å²) in [5, 5.41) is 2.94. The molecular formula is C13H18N2O. The van der Waals surface area contributed by atoms with Crippen molar-refractivity contribution in [2.24, 2.45) is 7.05 Å². The highest BCUT2D eigenvalue weighted by Gasteiger charge is 2.14. The number of amides is 1. The lowest BCUT2D eigenvalue weighted by atomic mass is 10.1. The van der Waals surface area contributed by atoms with Gasteiger partial charge in [-0.1, -0.05) is 6.92 Å². The Morgan fingerprint density at radius 1 is 1.62 bits per heavy atom. The number of nitrogens with one attached hydrogen (secondary N) is 1.